The lowest BCUT2D eigenvalue weighted by Gasteiger charge is -1.98. The van der Waals surface area contributed by atoms with Gasteiger partial charge in [-0.1, -0.05) is 29.8 Å². The van der Waals surface area contributed by atoms with Gasteiger partial charge in [-0.05, 0) is 58.1 Å². The van der Waals surface area contributed by atoms with E-state index in [1.807, 2.05) is 45.5 Å². The summed E-state index contributed by atoms with van der Waals surface area (Å²) in [4.78, 5) is 6.58. The van der Waals surface area contributed by atoms with Gasteiger partial charge in [0, 0.05) is 51.1 Å². The summed E-state index contributed by atoms with van der Waals surface area (Å²) in [5, 5.41) is 11.2. The zero-order valence-electron chi connectivity index (χ0n) is 16.1. The molecule has 0 fully saturated rings. The highest BCUT2D eigenvalue weighted by Gasteiger charge is 2.14. The number of rotatable bonds is 5. The van der Waals surface area contributed by atoms with E-state index in [0.717, 1.165) is 23.3 Å². The van der Waals surface area contributed by atoms with Crippen LogP contribution >= 0.6 is 61.3 Å². The van der Waals surface area contributed by atoms with Crippen LogP contribution in [0.25, 0.3) is 19.8 Å². The van der Waals surface area contributed by atoms with Crippen molar-refractivity contribution < 1.29 is 0 Å². The van der Waals surface area contributed by atoms with Crippen LogP contribution in [0.3, 0.4) is 0 Å². The molecule has 4 heterocycles. The van der Waals surface area contributed by atoms with Crippen LogP contribution in [-0.4, -0.2) is 0 Å². The molecule has 0 aliphatic rings. The van der Waals surface area contributed by atoms with Crippen molar-refractivity contribution in [1.29, 1.82) is 5.26 Å². The van der Waals surface area contributed by atoms with Gasteiger partial charge in [0.05, 0.1) is 5.56 Å². The molecule has 4 aromatic heterocycles. The molecule has 30 heavy (non-hydrogen) atoms. The van der Waals surface area contributed by atoms with E-state index < -0.39 is 0 Å². The van der Waals surface area contributed by atoms with E-state index in [1.165, 1.54) is 44.5 Å². The summed E-state index contributed by atoms with van der Waals surface area (Å²) >= 11 is 11.1. The van der Waals surface area contributed by atoms with Crippen molar-refractivity contribution in [1.82, 2.24) is 0 Å². The van der Waals surface area contributed by atoms with E-state index in [9.17, 15) is 5.26 Å². The molecule has 0 atom stereocenters. The van der Waals surface area contributed by atoms with Crippen molar-refractivity contribution in [3.05, 3.63) is 89.0 Å². The number of hydrogen-bond acceptors (Lipinski definition) is 5. The lowest BCUT2D eigenvalue weighted by molar-refractivity contribution is 1.29. The van der Waals surface area contributed by atoms with Crippen LogP contribution in [0.2, 0.25) is 0 Å². The van der Waals surface area contributed by atoms with Crippen LogP contribution in [0.15, 0.2) is 58.4 Å². The molecule has 0 saturated carbocycles. The molecule has 0 aliphatic carbocycles. The molecule has 6 heteroatoms. The minimum Gasteiger partial charge on any atom is -0.192 e. The molecule has 1 nitrogen and oxygen atoms in total. The molecular weight excluding hydrogens is 510 g/mol. The third-order valence-corrected chi connectivity index (χ3v) is 10.3. The maximum atomic E-state index is 9.23. The number of aryl methyl sites for hydroxylation is 1. The Bertz CT molecular complexity index is 1340. The molecule has 5 rings (SSSR count). The smallest absolute Gasteiger partial charge is 0.100 e. The second-order valence-corrected chi connectivity index (χ2v) is 12.5. The van der Waals surface area contributed by atoms with Crippen molar-refractivity contribution >= 4 is 70.7 Å². The molecule has 1 aromatic carbocycles. The van der Waals surface area contributed by atoms with Crippen LogP contribution in [0, 0.1) is 18.3 Å². The van der Waals surface area contributed by atoms with Crippen LogP contribution in [0.1, 0.15) is 30.6 Å². The largest absolute Gasteiger partial charge is 0.192 e. The van der Waals surface area contributed by atoms with Gasteiger partial charge in [-0.3, -0.25) is 0 Å². The van der Waals surface area contributed by atoms with E-state index in [-0.39, 0.29) is 0 Å². The summed E-state index contributed by atoms with van der Waals surface area (Å²) in [5.74, 6) is 0. The van der Waals surface area contributed by atoms with Gasteiger partial charge in [-0.2, -0.15) is 5.26 Å². The summed E-state index contributed by atoms with van der Waals surface area (Å²) in [6.45, 7) is 2.12. The Morgan fingerprint density at radius 3 is 2.20 bits per heavy atom. The van der Waals surface area contributed by atoms with Gasteiger partial charge in [0.2, 0.25) is 0 Å². The van der Waals surface area contributed by atoms with E-state index in [0.29, 0.717) is 0 Å². The Labute approximate surface area is 200 Å². The number of nitrogens with zero attached hydrogens (tertiary/aromatic N) is 1. The van der Waals surface area contributed by atoms with E-state index in [1.54, 1.807) is 11.3 Å². The van der Waals surface area contributed by atoms with Gasteiger partial charge in [-0.25, -0.2) is 0 Å². The number of hydrogen-bond donors (Lipinski definition) is 0. The number of benzene rings is 1. The number of fused-ring (bicyclic) bond motifs is 1. The lowest BCUT2D eigenvalue weighted by atomic mass is 10.1. The second-order valence-electron chi connectivity index (χ2n) is 7.12. The molecular formula is C24H16BrNS4. The van der Waals surface area contributed by atoms with Gasteiger partial charge in [0.25, 0.3) is 0 Å². The van der Waals surface area contributed by atoms with E-state index in [4.69, 9.17) is 0 Å². The highest BCUT2D eigenvalue weighted by atomic mass is 79.9. The molecule has 0 bridgehead atoms. The number of nitriles is 1. The third-order valence-electron chi connectivity index (χ3n) is 4.94. The first-order valence-electron chi connectivity index (χ1n) is 9.42. The summed E-state index contributed by atoms with van der Waals surface area (Å²) in [6.07, 6.45) is 1.82. The zero-order chi connectivity index (χ0) is 20.7. The fourth-order valence-corrected chi connectivity index (χ4v) is 8.74. The van der Waals surface area contributed by atoms with Crippen LogP contribution in [0.5, 0.6) is 0 Å². The first-order valence-corrected chi connectivity index (χ1v) is 13.5. The van der Waals surface area contributed by atoms with Crippen molar-refractivity contribution in [2.45, 2.75) is 19.8 Å². The Morgan fingerprint density at radius 1 is 0.867 bits per heavy atom. The minimum atomic E-state index is 0.810. The van der Waals surface area contributed by atoms with Crippen molar-refractivity contribution in [2.24, 2.45) is 0 Å². The Kier molecular flexibility index (Phi) is 5.65. The van der Waals surface area contributed by atoms with Gasteiger partial charge in [-0.15, -0.1) is 45.3 Å². The van der Waals surface area contributed by atoms with Crippen molar-refractivity contribution in [2.75, 3.05) is 0 Å². The Hall–Kier alpha value is -1.75. The fraction of sp³-hybridized carbons (Fsp3) is 0.125. The average molecular weight is 527 g/mol. The average Bonchev–Trinajstić information content (AvgIpc) is 3.48. The standard InChI is InChI=1S/C24H16BrNS4/c1-14-2-4-15(5-3-14)21-12-19(25)22(30-21)9-18-11-24-23(29-18)10-17(28-24)8-20-16(13-26)6-7-27-20/h2-7,10-12H,8-9H2,1H3. The topological polar surface area (TPSA) is 23.8 Å². The molecule has 0 aliphatic heterocycles. The maximum absolute atomic E-state index is 9.23. The van der Waals surface area contributed by atoms with Gasteiger partial charge in [0.1, 0.15) is 6.07 Å². The predicted molar refractivity (Wildman–Crippen MR) is 137 cm³/mol. The Balaban J connectivity index is 1.35. The minimum absolute atomic E-state index is 0.810. The second kappa shape index (κ2) is 8.41. The first kappa shape index (κ1) is 20.2. The van der Waals surface area contributed by atoms with E-state index in [2.05, 4.69) is 71.4 Å². The summed E-state index contributed by atoms with van der Waals surface area (Å²) < 4.78 is 3.90. The normalized spacial score (nSPS) is 11.2. The molecule has 0 N–H and O–H groups in total. The Morgan fingerprint density at radius 2 is 1.53 bits per heavy atom. The summed E-state index contributed by atoms with van der Waals surface area (Å²) in [5.41, 5.74) is 3.37. The molecule has 0 radical (unpaired) electrons. The monoisotopic (exact) mass is 525 g/mol. The molecule has 0 unspecified atom stereocenters. The SMILES string of the molecule is Cc1ccc(-c2cc(Br)c(Cc3cc4sc(Cc5sccc5C#N)cc4s3)s2)cc1. The summed E-state index contributed by atoms with van der Waals surface area (Å²) in [7, 11) is 0. The number of thiophene rings is 4. The van der Waals surface area contributed by atoms with Crippen LogP contribution in [0.4, 0.5) is 0 Å². The fourth-order valence-electron chi connectivity index (χ4n) is 3.39. The third kappa shape index (κ3) is 4.05. The van der Waals surface area contributed by atoms with Crippen molar-refractivity contribution in [3.63, 3.8) is 0 Å². The quantitative estimate of drug-likeness (QED) is 0.224. The highest BCUT2D eigenvalue weighted by molar-refractivity contribution is 9.10. The number of halogens is 1. The van der Waals surface area contributed by atoms with Gasteiger partial charge < -0.3 is 0 Å². The van der Waals surface area contributed by atoms with E-state index >= 15 is 0 Å². The van der Waals surface area contributed by atoms with Crippen LogP contribution in [-0.2, 0) is 12.8 Å². The maximum Gasteiger partial charge on any atom is 0.100 e. The molecule has 148 valence electrons. The predicted octanol–water partition coefficient (Wildman–Crippen LogP) is 8.88. The molecule has 5 aromatic rings. The molecule has 0 saturated heterocycles. The van der Waals surface area contributed by atoms with Gasteiger partial charge in [0.15, 0.2) is 0 Å². The lowest BCUT2D eigenvalue weighted by Crippen LogP contribution is -1.82. The zero-order valence-corrected chi connectivity index (χ0v) is 20.9. The summed E-state index contributed by atoms with van der Waals surface area (Å²) in [6, 6.07) is 19.8. The van der Waals surface area contributed by atoms with Gasteiger partial charge >= 0.3 is 0 Å². The van der Waals surface area contributed by atoms with Crippen molar-refractivity contribution in [3.8, 4) is 16.5 Å². The highest BCUT2D eigenvalue weighted by Crippen LogP contribution is 2.40. The van der Waals surface area contributed by atoms with Crippen LogP contribution < -0.4 is 0 Å². The molecule has 0 amide bonds. The molecule has 0 spiro atoms. The first-order chi connectivity index (χ1) is 14.6.